The van der Waals surface area contributed by atoms with Crippen molar-refractivity contribution in [1.82, 2.24) is 10.2 Å². The topological polar surface area (TPSA) is 64.1 Å². The van der Waals surface area contributed by atoms with Crippen LogP contribution in [0.5, 0.6) is 5.75 Å². The highest BCUT2D eigenvalue weighted by atomic mass is 32.2. The summed E-state index contributed by atoms with van der Waals surface area (Å²) >= 11 is 2.99. The maximum atomic E-state index is 12.2. The van der Waals surface area contributed by atoms with E-state index >= 15 is 0 Å². The molecule has 1 amide bonds. The van der Waals surface area contributed by atoms with Gasteiger partial charge in [0.15, 0.2) is 10.4 Å². The van der Waals surface area contributed by atoms with Crippen molar-refractivity contribution >= 4 is 34.1 Å². The molecule has 2 aromatic rings. The lowest BCUT2D eigenvalue weighted by molar-refractivity contribution is -0.122. The number of nitrogens with one attached hydrogen (secondary N) is 1. The van der Waals surface area contributed by atoms with E-state index in [9.17, 15) is 4.79 Å². The molecule has 0 aliphatic heterocycles. The number of hydrogen-bond donors (Lipinski definition) is 1. The Morgan fingerprint density at radius 3 is 2.43 bits per heavy atom. The molecular formula is C16H21N3O2S2. The first-order chi connectivity index (χ1) is 10.8. The summed E-state index contributed by atoms with van der Waals surface area (Å²) in [5.74, 6) is 0.458. The van der Waals surface area contributed by atoms with Crippen LogP contribution in [0, 0.1) is 13.8 Å². The number of benzene rings is 1. The minimum absolute atomic E-state index is 0.235. The van der Waals surface area contributed by atoms with Gasteiger partial charge in [-0.25, -0.2) is 0 Å². The number of nitrogens with zero attached hydrogens (tertiary/aromatic N) is 2. The summed E-state index contributed by atoms with van der Waals surface area (Å²) in [5.41, 5.74) is 2.21. The number of hydrogen-bond acceptors (Lipinski definition) is 6. The van der Waals surface area contributed by atoms with Crippen LogP contribution in [-0.2, 0) is 4.79 Å². The number of carbonyl (C=O) groups excluding carboxylic acids is 1. The molecule has 23 heavy (non-hydrogen) atoms. The summed E-state index contributed by atoms with van der Waals surface area (Å²) in [6.07, 6.45) is -0.610. The van der Waals surface area contributed by atoms with Crippen molar-refractivity contribution in [1.29, 1.82) is 0 Å². The second-order valence-corrected chi connectivity index (χ2v) is 8.41. The molecule has 0 bridgehead atoms. The third kappa shape index (κ3) is 5.51. The molecule has 0 saturated heterocycles. The van der Waals surface area contributed by atoms with E-state index < -0.39 is 6.10 Å². The van der Waals surface area contributed by atoms with Gasteiger partial charge in [0.05, 0.1) is 0 Å². The highest BCUT2D eigenvalue weighted by molar-refractivity contribution is 8.01. The van der Waals surface area contributed by atoms with Crippen LogP contribution in [-0.4, -0.2) is 27.5 Å². The summed E-state index contributed by atoms with van der Waals surface area (Å²) in [5, 5.41) is 11.7. The van der Waals surface area contributed by atoms with E-state index in [1.807, 2.05) is 26.0 Å². The van der Waals surface area contributed by atoms with Crippen LogP contribution in [0.2, 0.25) is 0 Å². The molecule has 5 nitrogen and oxygen atoms in total. The zero-order chi connectivity index (χ0) is 17.0. The highest BCUT2D eigenvalue weighted by Gasteiger charge is 2.17. The van der Waals surface area contributed by atoms with E-state index in [-0.39, 0.29) is 5.91 Å². The first-order valence-corrected chi connectivity index (χ1v) is 9.09. The van der Waals surface area contributed by atoms with Crippen molar-refractivity contribution in [3.8, 4) is 5.75 Å². The quantitative estimate of drug-likeness (QED) is 0.628. The van der Waals surface area contributed by atoms with Gasteiger partial charge >= 0.3 is 0 Å². The van der Waals surface area contributed by atoms with Crippen LogP contribution in [0.25, 0.3) is 0 Å². The summed E-state index contributed by atoms with van der Waals surface area (Å²) in [4.78, 5) is 12.2. The minimum Gasteiger partial charge on any atom is -0.481 e. The summed E-state index contributed by atoms with van der Waals surface area (Å²) in [7, 11) is 0. The summed E-state index contributed by atoms with van der Waals surface area (Å²) in [6, 6.07) is 5.89. The van der Waals surface area contributed by atoms with Gasteiger partial charge in [0.2, 0.25) is 5.13 Å². The van der Waals surface area contributed by atoms with Crippen molar-refractivity contribution in [2.75, 3.05) is 5.32 Å². The maximum Gasteiger partial charge on any atom is 0.266 e. The van der Waals surface area contributed by atoms with Gasteiger partial charge < -0.3 is 4.74 Å². The second-order valence-electron chi connectivity index (χ2n) is 5.61. The van der Waals surface area contributed by atoms with Gasteiger partial charge in [0.1, 0.15) is 5.75 Å². The van der Waals surface area contributed by atoms with Crippen molar-refractivity contribution in [3.05, 3.63) is 29.3 Å². The molecule has 1 aromatic heterocycles. The monoisotopic (exact) mass is 351 g/mol. The Morgan fingerprint density at radius 1 is 1.17 bits per heavy atom. The first kappa shape index (κ1) is 17.7. The molecule has 0 spiro atoms. The Kier molecular flexibility index (Phi) is 6.01. The zero-order valence-corrected chi connectivity index (χ0v) is 15.5. The van der Waals surface area contributed by atoms with E-state index in [2.05, 4.69) is 35.4 Å². The summed E-state index contributed by atoms with van der Waals surface area (Å²) in [6.45, 7) is 9.89. The molecule has 0 aliphatic rings. The van der Waals surface area contributed by atoms with Crippen LogP contribution in [0.1, 0.15) is 31.9 Å². The average Bonchev–Trinajstić information content (AvgIpc) is 2.83. The molecule has 124 valence electrons. The van der Waals surface area contributed by atoms with Crippen LogP contribution in [0.4, 0.5) is 5.13 Å². The van der Waals surface area contributed by atoms with Gasteiger partial charge in [-0.05, 0) is 44.0 Å². The number of aromatic nitrogens is 2. The van der Waals surface area contributed by atoms with E-state index in [4.69, 9.17) is 4.74 Å². The number of carbonyl (C=O) groups is 1. The first-order valence-electron chi connectivity index (χ1n) is 7.39. The molecule has 1 heterocycles. The molecule has 7 heteroatoms. The molecule has 2 rings (SSSR count). The van der Waals surface area contributed by atoms with Crippen molar-refractivity contribution in [3.63, 3.8) is 0 Å². The molecule has 0 fully saturated rings. The number of thioether (sulfide) groups is 1. The Hall–Kier alpha value is -1.60. The molecule has 1 unspecified atom stereocenters. The standard InChI is InChI=1S/C16H21N3O2S2/c1-9(2)22-16-19-18-15(23-16)17-14(20)12(5)21-13-7-10(3)6-11(4)8-13/h6-9,12H,1-5H3,(H,17,18,20). The van der Waals surface area contributed by atoms with Gasteiger partial charge in [0, 0.05) is 5.25 Å². The third-order valence-corrected chi connectivity index (χ3v) is 4.78. The van der Waals surface area contributed by atoms with Crippen LogP contribution in [0.3, 0.4) is 0 Å². The highest BCUT2D eigenvalue weighted by Crippen LogP contribution is 2.28. The van der Waals surface area contributed by atoms with Gasteiger partial charge in [-0.2, -0.15) is 0 Å². The lowest BCUT2D eigenvalue weighted by Crippen LogP contribution is -2.30. The van der Waals surface area contributed by atoms with Crippen LogP contribution >= 0.6 is 23.1 Å². The Bertz CT molecular complexity index is 665. The largest absolute Gasteiger partial charge is 0.481 e. The van der Waals surface area contributed by atoms with Gasteiger partial charge in [-0.15, -0.1) is 10.2 Å². The molecular weight excluding hydrogens is 330 g/mol. The Morgan fingerprint density at radius 2 is 1.83 bits per heavy atom. The van der Waals surface area contributed by atoms with Crippen molar-refractivity contribution in [2.45, 2.75) is 50.3 Å². The fraction of sp³-hybridized carbons (Fsp3) is 0.438. The number of ether oxygens (including phenoxy) is 1. The fourth-order valence-corrected chi connectivity index (χ4v) is 3.95. The number of amides is 1. The summed E-state index contributed by atoms with van der Waals surface area (Å²) < 4.78 is 6.57. The fourth-order valence-electron chi connectivity index (χ4n) is 1.98. The average molecular weight is 351 g/mol. The lowest BCUT2D eigenvalue weighted by atomic mass is 10.1. The van der Waals surface area contributed by atoms with Gasteiger partial charge in [-0.3, -0.25) is 10.1 Å². The number of rotatable bonds is 6. The van der Waals surface area contributed by atoms with Crippen LogP contribution < -0.4 is 10.1 Å². The molecule has 0 saturated carbocycles. The SMILES string of the molecule is Cc1cc(C)cc(OC(C)C(=O)Nc2nnc(SC(C)C)s2)c1. The van der Waals surface area contributed by atoms with Gasteiger partial charge in [0.25, 0.3) is 5.91 Å². The normalized spacial score (nSPS) is 12.3. The van der Waals surface area contributed by atoms with Crippen LogP contribution in [0.15, 0.2) is 22.5 Å². The van der Waals surface area contributed by atoms with Gasteiger partial charge in [-0.1, -0.05) is 43.0 Å². The molecule has 0 radical (unpaired) electrons. The van der Waals surface area contributed by atoms with E-state index in [1.165, 1.54) is 11.3 Å². The van der Waals surface area contributed by atoms with E-state index in [1.54, 1.807) is 18.7 Å². The predicted molar refractivity (Wildman–Crippen MR) is 95.5 cm³/mol. The predicted octanol–water partition coefficient (Wildman–Crippen LogP) is 4.06. The smallest absolute Gasteiger partial charge is 0.266 e. The maximum absolute atomic E-state index is 12.2. The Labute approximate surface area is 144 Å². The third-order valence-electron chi connectivity index (χ3n) is 2.85. The minimum atomic E-state index is -0.610. The number of aryl methyl sites for hydroxylation is 2. The zero-order valence-electron chi connectivity index (χ0n) is 13.9. The van der Waals surface area contributed by atoms with E-state index in [0.29, 0.717) is 16.1 Å². The second kappa shape index (κ2) is 7.79. The van der Waals surface area contributed by atoms with Crippen molar-refractivity contribution < 1.29 is 9.53 Å². The van der Waals surface area contributed by atoms with E-state index in [0.717, 1.165) is 15.5 Å². The van der Waals surface area contributed by atoms with Crippen molar-refractivity contribution in [2.24, 2.45) is 0 Å². The number of anilines is 1. The Balaban J connectivity index is 1.95. The molecule has 1 atom stereocenters. The molecule has 0 aliphatic carbocycles. The molecule has 1 aromatic carbocycles. The molecule has 1 N–H and O–H groups in total. The lowest BCUT2D eigenvalue weighted by Gasteiger charge is -2.14.